The van der Waals surface area contributed by atoms with Gasteiger partial charge in [0.2, 0.25) is 17.1 Å². The van der Waals surface area contributed by atoms with E-state index in [-0.39, 0.29) is 86.9 Å². The molecule has 1 aliphatic rings. The molecule has 7 rings (SSSR count). The number of rotatable bonds is 30. The van der Waals surface area contributed by atoms with Crippen molar-refractivity contribution in [3.8, 4) is 12.3 Å². The van der Waals surface area contributed by atoms with E-state index in [2.05, 4.69) is 85.1 Å². The topological polar surface area (TPSA) is 453 Å². The van der Waals surface area contributed by atoms with Gasteiger partial charge in [0.1, 0.15) is 49.2 Å². The summed E-state index contributed by atoms with van der Waals surface area (Å²) in [5.41, 5.74) is 26.2. The zero-order valence-corrected chi connectivity index (χ0v) is 70.8. The van der Waals surface area contributed by atoms with Gasteiger partial charge in [0.15, 0.2) is 5.96 Å². The maximum atomic E-state index is 15.4. The van der Waals surface area contributed by atoms with Crippen LogP contribution < -0.4 is 38.2 Å². The van der Waals surface area contributed by atoms with Crippen LogP contribution in [-0.4, -0.2) is 164 Å². The molecule has 1 saturated heterocycles. The molecule has 1 aliphatic heterocycles. The van der Waals surface area contributed by atoms with E-state index in [4.69, 9.17) is 60.4 Å². The first-order chi connectivity index (χ1) is 54.2. The van der Waals surface area contributed by atoms with Crippen LogP contribution in [0.5, 0.6) is 0 Å². The molecule has 2 aromatic heterocycles. The standard InChI is InChI=1S/C44H52FN11O8.C8H7ClO2.C7H12.C6H14O.C6H12O.C5H9N2O4P.C5H13NO/c1-4-53-23-32(41(59)60)39(57)31-21-33(45)37(22-36(31)53)54-17-19-55(20-18-54)44(62)64-26-29-12-14-30(15-13-29)49-40(58)35(11-8-16-48-42(46)47)56-24-34(51-52-56)38(27(2)3)50-43(61)63-25-28-9-6-5-7-10-28;9-8(10)11-6-7-4-2-1-3-5-7;1-5-7(4)6(2)3;2*1-5(2)6(3)4-7;1-4(8)5(7-6)12(9,10-2)11-3;1-4(2)5(6)3-7/h5-7,9-10,12-15,21-24,27,35,38H,4,8,11,16-20,25-26H2,1-3H3,(H,49,58)(H,50,61)(H,59,60)(H4,46,47,48);1-5H,6H2;1,6-7H,2-4H3;5-7H,4H2,1-3H3;4-6H,1-3H3;1-3H3;4-5,7H,3,6H2,1-2H3/t35-,38-;;7-;2*6-;;5-/m0.111.1/s1. The van der Waals surface area contributed by atoms with E-state index in [9.17, 15) is 48.0 Å². The first-order valence-electron chi connectivity index (χ1n) is 37.6. The van der Waals surface area contributed by atoms with E-state index in [0.29, 0.717) is 97.1 Å². The van der Waals surface area contributed by atoms with Crippen LogP contribution in [0.4, 0.5) is 30.1 Å². The number of aromatic carboxylic acids is 1. The van der Waals surface area contributed by atoms with Crippen LogP contribution in [0, 0.1) is 65.5 Å². The number of aliphatic hydroxyl groups is 2. The van der Waals surface area contributed by atoms with Gasteiger partial charge in [0.05, 0.1) is 30.0 Å². The summed E-state index contributed by atoms with van der Waals surface area (Å²) >= 11 is 4.97. The molecule has 0 bridgehead atoms. The molecule has 634 valence electrons. The average molecular weight is 1650 g/mol. The molecule has 4 aromatic carbocycles. The molecule has 6 atom stereocenters. The SMILES string of the molecule is C#C[C@@H](C)C(C)C.CC(C)[C@H](C)C=O.CC(C)[C@H](C)CO.CC(C)[C@H](N)CO.CCn1cc(C(=O)O)c(=O)c2cc(F)c(N3CCN(C(=O)OCc4ccc(NC(=O)[C@H](CCCN=C(N)N)n5cc([C@@H](NC(=O)OCc6ccccc6)C(C)C)nn5)cc4)CC3)cc21.COP(=O)(OC)C(=[N+]=[N-])C(C)=O.O=C(Cl)OCc1ccccc1. The van der Waals surface area contributed by atoms with Gasteiger partial charge in [-0.05, 0) is 96.2 Å². The Morgan fingerprint density at radius 2 is 1.32 bits per heavy atom. The van der Waals surface area contributed by atoms with E-state index < -0.39 is 71.3 Å². The molecule has 1 fully saturated rings. The number of nitrogens with two attached hydrogens (primary N) is 3. The molecular weight excluding hydrogens is 1530 g/mol. The normalized spacial score (nSPS) is 13.1. The predicted octanol–water partition coefficient (Wildman–Crippen LogP) is 12.6. The zero-order valence-electron chi connectivity index (χ0n) is 69.1. The molecular formula is C81H119ClFN14O17P. The van der Waals surface area contributed by atoms with E-state index in [1.165, 1.54) is 21.8 Å². The lowest BCUT2D eigenvalue weighted by Crippen LogP contribution is -2.49. The Kier molecular flexibility index (Phi) is 48.7. The summed E-state index contributed by atoms with van der Waals surface area (Å²) in [5.74, 6) is 2.66. The molecule has 0 aliphatic carbocycles. The Labute approximate surface area is 679 Å². The van der Waals surface area contributed by atoms with Gasteiger partial charge in [-0.25, -0.2) is 32.8 Å². The number of carboxylic acids is 1. The van der Waals surface area contributed by atoms with Gasteiger partial charge >= 0.3 is 36.6 Å². The Morgan fingerprint density at radius 3 is 1.71 bits per heavy atom. The molecule has 11 N–H and O–H groups in total. The van der Waals surface area contributed by atoms with Crippen molar-refractivity contribution >= 4 is 94.4 Å². The van der Waals surface area contributed by atoms with E-state index in [1.807, 2.05) is 116 Å². The van der Waals surface area contributed by atoms with Crippen molar-refractivity contribution in [2.45, 2.75) is 161 Å². The number of nitrogens with zero attached hydrogens (tertiary/aromatic N) is 9. The Hall–Kier alpha value is -10.2. The number of fused-ring (bicyclic) bond motifs is 1. The Balaban J connectivity index is 0.00000103. The van der Waals surface area contributed by atoms with Crippen LogP contribution in [0.2, 0.25) is 0 Å². The summed E-state index contributed by atoms with van der Waals surface area (Å²) in [6.07, 6.45) is 8.58. The minimum absolute atomic E-state index is 0.0207. The monoisotopic (exact) mass is 1640 g/mol. The fourth-order valence-corrected chi connectivity index (χ4v) is 10.4. The number of aliphatic imine (C=N–C) groups is 1. The second-order valence-electron chi connectivity index (χ2n) is 28.3. The van der Waals surface area contributed by atoms with Gasteiger partial charge in [0.25, 0.3) is 0 Å². The van der Waals surface area contributed by atoms with Gasteiger partial charge < -0.3 is 91.1 Å². The van der Waals surface area contributed by atoms with Crippen LogP contribution in [0.1, 0.15) is 162 Å². The number of amides is 3. The van der Waals surface area contributed by atoms with Gasteiger partial charge in [-0.1, -0.05) is 168 Å². The third-order valence-corrected chi connectivity index (χ3v) is 20.1. The number of guanidine groups is 1. The fourth-order valence-electron chi connectivity index (χ4n) is 9.32. The second kappa shape index (κ2) is 54.5. The molecule has 115 heavy (non-hydrogen) atoms. The first kappa shape index (κ1) is 103. The number of benzene rings is 4. The number of aryl methyl sites for hydroxylation is 1. The van der Waals surface area contributed by atoms with E-state index in [0.717, 1.165) is 44.6 Å². The second-order valence-corrected chi connectivity index (χ2v) is 30.8. The molecule has 3 amide bonds. The lowest BCUT2D eigenvalue weighted by atomic mass is 10.00. The number of halogens is 2. The largest absolute Gasteiger partial charge is 0.477 e. The van der Waals surface area contributed by atoms with Gasteiger partial charge in [0, 0.05) is 114 Å². The summed E-state index contributed by atoms with van der Waals surface area (Å²) in [5, 5.41) is 40.7. The Morgan fingerprint density at radius 1 is 0.774 bits per heavy atom. The maximum absolute atomic E-state index is 15.4. The van der Waals surface area contributed by atoms with Gasteiger partial charge in [-0.2, -0.15) is 4.79 Å². The highest BCUT2D eigenvalue weighted by molar-refractivity contribution is 7.74. The van der Waals surface area contributed by atoms with Crippen molar-refractivity contribution in [3.63, 3.8) is 0 Å². The van der Waals surface area contributed by atoms with Crippen LogP contribution >= 0.6 is 19.2 Å². The minimum atomic E-state index is -3.70. The van der Waals surface area contributed by atoms with Gasteiger partial charge in [-0.3, -0.25) is 19.4 Å². The number of terminal acetylenes is 1. The van der Waals surface area contributed by atoms with Crippen molar-refractivity contribution in [1.82, 2.24) is 29.8 Å². The van der Waals surface area contributed by atoms with Crippen LogP contribution in [0.15, 0.2) is 119 Å². The number of alkyl carbamates (subject to hydrolysis) is 1. The summed E-state index contributed by atoms with van der Waals surface area (Å²) in [6, 6.07) is 26.6. The molecule has 0 saturated carbocycles. The number of hydrogen-bond donors (Lipinski definition) is 8. The summed E-state index contributed by atoms with van der Waals surface area (Å²) in [4.78, 5) is 105. The highest BCUT2D eigenvalue weighted by Crippen LogP contribution is 2.47. The molecule has 6 aromatic rings. The van der Waals surface area contributed by atoms with Crippen molar-refractivity contribution in [3.05, 3.63) is 159 Å². The number of pyridine rings is 1. The minimum Gasteiger partial charge on any atom is -0.477 e. The van der Waals surface area contributed by atoms with E-state index in [1.54, 1.807) is 46.9 Å². The number of ketones is 1. The molecule has 3 heterocycles. The van der Waals surface area contributed by atoms with Crippen LogP contribution in [0.3, 0.4) is 0 Å². The summed E-state index contributed by atoms with van der Waals surface area (Å²) in [7, 11) is -1.51. The van der Waals surface area contributed by atoms with Crippen molar-refractivity contribution in [1.29, 1.82) is 0 Å². The average Bonchev–Trinajstić information content (AvgIpc) is 1.41. The number of aliphatic hydroxyl groups excluding tert-OH is 2. The molecule has 0 spiro atoms. The number of ether oxygens (including phenoxy) is 3. The predicted molar refractivity (Wildman–Crippen MR) is 443 cm³/mol. The highest BCUT2D eigenvalue weighted by atomic mass is 35.5. The van der Waals surface area contributed by atoms with Crippen molar-refractivity contribution < 1.29 is 85.9 Å². The number of carboxylic acid groups (broad SMARTS) is 1. The maximum Gasteiger partial charge on any atom is 0.446 e. The zero-order chi connectivity index (χ0) is 87.2. The number of hydrogen-bond acceptors (Lipinski definition) is 21. The number of aldehydes is 1. The fraction of sp³-hybridized carbons (Fsp3) is 0.506. The third-order valence-electron chi connectivity index (χ3n) is 18.1. The first-order valence-corrected chi connectivity index (χ1v) is 39.5. The molecule has 31 nitrogen and oxygen atoms in total. The lowest BCUT2D eigenvalue weighted by Gasteiger charge is -2.35. The highest BCUT2D eigenvalue weighted by Gasteiger charge is 2.42. The molecule has 34 heteroatoms. The van der Waals surface area contributed by atoms with Crippen molar-refractivity contribution in [2.75, 3.05) is 70.4 Å². The number of aromatic nitrogens is 4. The smallest absolute Gasteiger partial charge is 0.446 e. The number of carbonyl (C=O) groups excluding carboxylic acids is 6. The summed E-state index contributed by atoms with van der Waals surface area (Å²) < 4.78 is 54.2. The Bertz CT molecular complexity index is 4180. The number of carbonyl (C=O) groups is 7. The van der Waals surface area contributed by atoms with Crippen molar-refractivity contribution in [2.24, 2.45) is 69.5 Å². The molecule has 0 radical (unpaired) electrons. The van der Waals surface area contributed by atoms with Gasteiger partial charge in [-0.15, -0.1) is 17.4 Å². The van der Waals surface area contributed by atoms with Crippen LogP contribution in [-0.2, 0) is 68.6 Å². The van der Waals surface area contributed by atoms with E-state index >= 15 is 4.39 Å². The lowest BCUT2D eigenvalue weighted by molar-refractivity contribution is -0.120. The number of piperazine rings is 1. The number of anilines is 2. The van der Waals surface area contributed by atoms with Crippen LogP contribution in [0.25, 0.3) is 16.4 Å². The quantitative estimate of drug-likeness (QED) is 0.00198. The molecule has 0 unspecified atom stereocenters. The number of Topliss-reactive ketones (excluding diaryl/α,β-unsaturated/α-hetero) is 1. The third kappa shape index (κ3) is 37.7. The number of nitrogens with one attached hydrogen (secondary N) is 2. The summed E-state index contributed by atoms with van der Waals surface area (Å²) in [6.45, 7) is 31.7.